The maximum Gasteiger partial charge on any atom is 0.178 e. The van der Waals surface area contributed by atoms with Gasteiger partial charge in [-0.15, -0.1) is 0 Å². The first-order chi connectivity index (χ1) is 9.92. The van der Waals surface area contributed by atoms with Gasteiger partial charge in [0, 0.05) is 12.6 Å². The number of imidazole rings is 1. The van der Waals surface area contributed by atoms with Crippen molar-refractivity contribution in [3.63, 3.8) is 0 Å². The predicted molar refractivity (Wildman–Crippen MR) is 88.9 cm³/mol. The second-order valence-corrected chi connectivity index (χ2v) is 6.58. The molecule has 0 aliphatic heterocycles. The number of nitrogens with zero attached hydrogens (tertiary/aromatic N) is 3. The van der Waals surface area contributed by atoms with Crippen molar-refractivity contribution in [2.75, 3.05) is 20.6 Å². The van der Waals surface area contributed by atoms with Crippen molar-refractivity contribution < 1.29 is 0 Å². The molecule has 0 saturated heterocycles. The summed E-state index contributed by atoms with van der Waals surface area (Å²) in [5.74, 6) is 0.584. The molecule has 5 heteroatoms. The third kappa shape index (κ3) is 3.52. The lowest BCUT2D eigenvalue weighted by atomic mass is 10.0. The van der Waals surface area contributed by atoms with Gasteiger partial charge < -0.3 is 14.5 Å². The molecule has 1 unspecified atom stereocenters. The third-order valence-corrected chi connectivity index (χ3v) is 3.83. The van der Waals surface area contributed by atoms with E-state index >= 15 is 0 Å². The first kappa shape index (κ1) is 15.7. The van der Waals surface area contributed by atoms with Gasteiger partial charge in [-0.05, 0) is 56.9 Å². The van der Waals surface area contributed by atoms with Gasteiger partial charge in [-0.3, -0.25) is 0 Å². The van der Waals surface area contributed by atoms with E-state index in [1.165, 1.54) is 0 Å². The smallest absolute Gasteiger partial charge is 0.178 e. The summed E-state index contributed by atoms with van der Waals surface area (Å²) in [6.07, 6.45) is 1.05. The molecule has 1 aromatic heterocycles. The summed E-state index contributed by atoms with van der Waals surface area (Å²) in [6.45, 7) is 5.37. The van der Waals surface area contributed by atoms with Crippen LogP contribution in [0.4, 0.5) is 0 Å². The van der Waals surface area contributed by atoms with Gasteiger partial charge in [-0.25, -0.2) is 0 Å². The molecule has 0 amide bonds. The molecule has 1 heterocycles. The second kappa shape index (κ2) is 6.42. The summed E-state index contributed by atoms with van der Waals surface area (Å²) in [7, 11) is 4.15. The van der Waals surface area contributed by atoms with Gasteiger partial charge in [0.25, 0.3) is 0 Å². The highest BCUT2D eigenvalue weighted by molar-refractivity contribution is 7.71. The van der Waals surface area contributed by atoms with Crippen LogP contribution in [0, 0.1) is 22.0 Å². The first-order valence-electron chi connectivity index (χ1n) is 7.21. The number of aromatic nitrogens is 2. The van der Waals surface area contributed by atoms with E-state index < -0.39 is 0 Å². The van der Waals surface area contributed by atoms with Crippen molar-refractivity contribution >= 4 is 23.3 Å². The number of hydrogen-bond acceptors (Lipinski definition) is 3. The SMILES string of the molecule is CC(C)CC(CN(C)C)n1c(=S)[nH]c2ccc(C#N)cc21. The number of H-pyrrole nitrogens is 1. The van der Waals surface area contributed by atoms with Crippen LogP contribution in [-0.4, -0.2) is 35.1 Å². The van der Waals surface area contributed by atoms with Gasteiger partial charge in [-0.2, -0.15) is 5.26 Å². The zero-order valence-corrected chi connectivity index (χ0v) is 13.9. The molecule has 2 rings (SSSR count). The molecule has 0 bridgehead atoms. The van der Waals surface area contributed by atoms with Crippen LogP contribution in [0.5, 0.6) is 0 Å². The molecule has 0 spiro atoms. The number of rotatable bonds is 5. The van der Waals surface area contributed by atoms with E-state index in [1.807, 2.05) is 18.2 Å². The molecule has 0 fully saturated rings. The van der Waals surface area contributed by atoms with Crippen molar-refractivity contribution in [2.24, 2.45) is 5.92 Å². The Bertz CT molecular complexity index is 708. The van der Waals surface area contributed by atoms with Gasteiger partial charge in [0.2, 0.25) is 0 Å². The summed E-state index contributed by atoms with van der Waals surface area (Å²) in [5.41, 5.74) is 2.68. The van der Waals surface area contributed by atoms with Crippen LogP contribution < -0.4 is 0 Å². The fourth-order valence-corrected chi connectivity index (χ4v) is 3.14. The van der Waals surface area contributed by atoms with Crippen LogP contribution in [0.15, 0.2) is 18.2 Å². The highest BCUT2D eigenvalue weighted by atomic mass is 32.1. The molecule has 1 aromatic carbocycles. The number of fused-ring (bicyclic) bond motifs is 1. The Balaban J connectivity index is 2.57. The topological polar surface area (TPSA) is 47.8 Å². The monoisotopic (exact) mass is 302 g/mol. The van der Waals surface area contributed by atoms with Crippen molar-refractivity contribution in [1.29, 1.82) is 5.26 Å². The maximum atomic E-state index is 9.12. The standard InChI is InChI=1S/C16H22N4S/c1-11(2)7-13(10-19(3)4)20-15-8-12(9-17)5-6-14(15)18-16(20)21/h5-6,8,11,13H,7,10H2,1-4H3,(H,18,21). The zero-order valence-electron chi connectivity index (χ0n) is 13.1. The van der Waals surface area contributed by atoms with Gasteiger partial charge in [0.05, 0.1) is 22.7 Å². The molecule has 0 radical (unpaired) electrons. The van der Waals surface area contributed by atoms with Crippen molar-refractivity contribution in [3.05, 3.63) is 28.5 Å². The Morgan fingerprint density at radius 2 is 2.10 bits per heavy atom. The van der Waals surface area contributed by atoms with Gasteiger partial charge in [0.1, 0.15) is 0 Å². The lowest BCUT2D eigenvalue weighted by Crippen LogP contribution is -2.25. The fraction of sp³-hybridized carbons (Fsp3) is 0.500. The quantitative estimate of drug-likeness (QED) is 0.856. The van der Waals surface area contributed by atoms with E-state index in [0.717, 1.165) is 28.8 Å². The van der Waals surface area contributed by atoms with Crippen LogP contribution in [0.1, 0.15) is 31.9 Å². The minimum Gasteiger partial charge on any atom is -0.331 e. The molecule has 1 N–H and O–H groups in total. The normalized spacial score (nSPS) is 13.0. The van der Waals surface area contributed by atoms with Crippen molar-refractivity contribution in [1.82, 2.24) is 14.5 Å². The van der Waals surface area contributed by atoms with Gasteiger partial charge in [-0.1, -0.05) is 13.8 Å². The van der Waals surface area contributed by atoms with Gasteiger partial charge in [0.15, 0.2) is 4.77 Å². The first-order valence-corrected chi connectivity index (χ1v) is 7.62. The van der Waals surface area contributed by atoms with E-state index in [1.54, 1.807) is 0 Å². The molecule has 0 saturated carbocycles. The van der Waals surface area contributed by atoms with E-state index in [4.69, 9.17) is 17.5 Å². The Morgan fingerprint density at radius 3 is 2.67 bits per heavy atom. The highest BCUT2D eigenvalue weighted by Crippen LogP contribution is 2.25. The highest BCUT2D eigenvalue weighted by Gasteiger charge is 2.18. The van der Waals surface area contributed by atoms with Crippen LogP contribution >= 0.6 is 12.2 Å². The third-order valence-electron chi connectivity index (χ3n) is 3.53. The van der Waals surface area contributed by atoms with E-state index in [9.17, 15) is 0 Å². The summed E-state index contributed by atoms with van der Waals surface area (Å²) in [4.78, 5) is 5.44. The largest absolute Gasteiger partial charge is 0.331 e. The zero-order chi connectivity index (χ0) is 15.6. The number of nitriles is 1. The summed E-state index contributed by atoms with van der Waals surface area (Å²) < 4.78 is 2.90. The molecule has 112 valence electrons. The summed E-state index contributed by atoms with van der Waals surface area (Å²) in [6, 6.07) is 8.18. The van der Waals surface area contributed by atoms with Gasteiger partial charge >= 0.3 is 0 Å². The Hall–Kier alpha value is -1.64. The molecule has 0 aliphatic rings. The molecule has 1 atom stereocenters. The lowest BCUT2D eigenvalue weighted by molar-refractivity contribution is 0.291. The number of nitrogens with one attached hydrogen (secondary N) is 1. The molecule has 4 nitrogen and oxygen atoms in total. The molecule has 21 heavy (non-hydrogen) atoms. The molecular formula is C16H22N4S. The van der Waals surface area contributed by atoms with E-state index in [0.29, 0.717) is 17.5 Å². The number of aromatic amines is 1. The molecular weight excluding hydrogens is 280 g/mol. The Kier molecular flexibility index (Phi) is 4.81. The number of hydrogen-bond donors (Lipinski definition) is 1. The molecule has 2 aromatic rings. The average Bonchev–Trinajstić information content (AvgIpc) is 2.71. The van der Waals surface area contributed by atoms with E-state index in [2.05, 4.69) is 48.5 Å². The maximum absolute atomic E-state index is 9.12. The van der Waals surface area contributed by atoms with Crippen LogP contribution in [0.3, 0.4) is 0 Å². The van der Waals surface area contributed by atoms with Crippen LogP contribution in [0.25, 0.3) is 11.0 Å². The molecule has 0 aliphatic carbocycles. The summed E-state index contributed by atoms with van der Waals surface area (Å²) >= 11 is 5.52. The van der Waals surface area contributed by atoms with Crippen molar-refractivity contribution in [2.45, 2.75) is 26.3 Å². The number of likely N-dealkylation sites (N-methyl/N-ethyl adjacent to an activating group) is 1. The Labute approximate surface area is 131 Å². The van der Waals surface area contributed by atoms with E-state index in [-0.39, 0.29) is 0 Å². The van der Waals surface area contributed by atoms with Crippen LogP contribution in [0.2, 0.25) is 0 Å². The minimum atomic E-state index is 0.301. The average molecular weight is 302 g/mol. The minimum absolute atomic E-state index is 0.301. The predicted octanol–water partition coefficient (Wildman–Crippen LogP) is 3.72. The second-order valence-electron chi connectivity index (χ2n) is 6.19. The lowest BCUT2D eigenvalue weighted by Gasteiger charge is -2.25. The summed E-state index contributed by atoms with van der Waals surface area (Å²) in [5, 5.41) is 9.12. The fourth-order valence-electron chi connectivity index (χ4n) is 2.78. The Morgan fingerprint density at radius 1 is 1.38 bits per heavy atom. The number of benzene rings is 1. The van der Waals surface area contributed by atoms with Crippen molar-refractivity contribution in [3.8, 4) is 6.07 Å². The van der Waals surface area contributed by atoms with Crippen LogP contribution in [-0.2, 0) is 0 Å².